The molecule has 0 spiro atoms. The first-order chi connectivity index (χ1) is 14.1. The fourth-order valence-electron chi connectivity index (χ4n) is 3.18. The zero-order chi connectivity index (χ0) is 21.1. The molecule has 1 aliphatic heterocycles. The molecule has 0 unspecified atom stereocenters. The lowest BCUT2D eigenvalue weighted by atomic mass is 10.3. The second-order valence-electron chi connectivity index (χ2n) is 7.24. The van der Waals surface area contributed by atoms with Crippen molar-refractivity contribution in [2.24, 2.45) is 0 Å². The third-order valence-electron chi connectivity index (χ3n) is 4.95. The monoisotopic (exact) mass is 627 g/mol. The van der Waals surface area contributed by atoms with Gasteiger partial charge in [-0.1, -0.05) is 27.2 Å². The molecule has 6 nitrogen and oxygen atoms in total. The minimum absolute atomic E-state index is 0.889. The highest BCUT2D eigenvalue weighted by atomic mass is 127. The predicted molar refractivity (Wildman–Crippen MR) is 135 cm³/mol. The summed E-state index contributed by atoms with van der Waals surface area (Å²) in [5.41, 5.74) is 2.45. The number of aromatic nitrogens is 4. The molecule has 0 atom stereocenters. The Morgan fingerprint density at radius 2 is 1.34 bits per heavy atom. The Hall–Kier alpha value is -0.200. The lowest BCUT2D eigenvalue weighted by Gasteiger charge is -2.26. The van der Waals surface area contributed by atoms with Crippen LogP contribution >= 0.6 is 45.2 Å². The van der Waals surface area contributed by atoms with E-state index >= 15 is 0 Å². The number of halogens is 2. The molecule has 0 N–H and O–H groups in total. The molecule has 0 amide bonds. The number of hydrogen-bond donors (Lipinski definition) is 0. The maximum absolute atomic E-state index is 5.34. The van der Waals surface area contributed by atoms with Crippen LogP contribution in [0.1, 0.15) is 51.4 Å². The summed E-state index contributed by atoms with van der Waals surface area (Å²) in [6.07, 6.45) is 9.97. The number of hydrogen-bond acceptors (Lipinski definition) is 4. The van der Waals surface area contributed by atoms with Crippen molar-refractivity contribution < 1.29 is 4.74 Å². The number of rotatable bonds is 9. The van der Waals surface area contributed by atoms with Gasteiger partial charge in [0, 0.05) is 45.1 Å². The van der Waals surface area contributed by atoms with Crippen molar-refractivity contribution >= 4 is 45.2 Å². The van der Waals surface area contributed by atoms with Crippen molar-refractivity contribution in [2.75, 3.05) is 32.8 Å². The predicted octanol–water partition coefficient (Wildman–Crippen LogP) is 4.62. The van der Waals surface area contributed by atoms with Crippen LogP contribution < -0.4 is 0 Å². The summed E-state index contributed by atoms with van der Waals surface area (Å²) in [5, 5.41) is 9.05. The van der Waals surface area contributed by atoms with E-state index in [1.54, 1.807) is 0 Å². The van der Waals surface area contributed by atoms with Crippen molar-refractivity contribution in [3.05, 3.63) is 30.9 Å². The van der Waals surface area contributed by atoms with Crippen LogP contribution in [-0.2, 0) is 30.7 Å². The minimum Gasteiger partial charge on any atom is -0.379 e. The van der Waals surface area contributed by atoms with Gasteiger partial charge in [0.1, 0.15) is 0 Å². The van der Waals surface area contributed by atoms with Crippen molar-refractivity contribution in [3.63, 3.8) is 0 Å². The molecule has 2 aromatic heterocycles. The van der Waals surface area contributed by atoms with E-state index in [0.29, 0.717) is 0 Å². The lowest BCUT2D eigenvalue weighted by molar-refractivity contribution is 0.0368. The molecule has 0 aromatic carbocycles. The molecule has 0 bridgehead atoms. The van der Waals surface area contributed by atoms with Gasteiger partial charge in [0.15, 0.2) is 0 Å². The van der Waals surface area contributed by atoms with E-state index in [2.05, 4.69) is 103 Å². The van der Waals surface area contributed by atoms with E-state index in [1.165, 1.54) is 37.8 Å². The molecule has 1 aliphatic rings. The fourth-order valence-corrected chi connectivity index (χ4v) is 4.81. The average Bonchev–Trinajstić information content (AvgIpc) is 3.28. The third kappa shape index (κ3) is 8.82. The van der Waals surface area contributed by atoms with Gasteiger partial charge in [-0.25, -0.2) is 0 Å². The van der Waals surface area contributed by atoms with Crippen LogP contribution in [0.5, 0.6) is 0 Å². The summed E-state index contributed by atoms with van der Waals surface area (Å²) in [5.74, 6) is 0. The Balaban J connectivity index is 0.000000221. The molecular weight excluding hydrogens is 592 g/mol. The molecule has 3 heterocycles. The summed E-state index contributed by atoms with van der Waals surface area (Å²) in [6.45, 7) is 13.7. The summed E-state index contributed by atoms with van der Waals surface area (Å²) in [6, 6.07) is 0. The second-order valence-corrected chi connectivity index (χ2v) is 9.57. The van der Waals surface area contributed by atoms with Crippen LogP contribution in [0.15, 0.2) is 12.4 Å². The van der Waals surface area contributed by atoms with Crippen LogP contribution in [0.25, 0.3) is 0 Å². The normalized spacial score (nSPS) is 14.7. The fraction of sp³-hybridized carbons (Fsp3) is 0.714. The zero-order valence-corrected chi connectivity index (χ0v) is 22.4. The summed E-state index contributed by atoms with van der Waals surface area (Å²) >= 11 is 4.72. The van der Waals surface area contributed by atoms with Crippen molar-refractivity contribution in [1.29, 1.82) is 0 Å². The highest BCUT2D eigenvalue weighted by molar-refractivity contribution is 14.1. The van der Waals surface area contributed by atoms with Crippen molar-refractivity contribution in [1.82, 2.24) is 24.5 Å². The highest BCUT2D eigenvalue weighted by Gasteiger charge is 2.10. The first kappa shape index (κ1) is 25.1. The Labute approximate surface area is 203 Å². The molecule has 2 aromatic rings. The maximum Gasteiger partial charge on any atom is 0.0755 e. The van der Waals surface area contributed by atoms with Gasteiger partial charge < -0.3 is 4.74 Å². The Morgan fingerprint density at radius 3 is 1.79 bits per heavy atom. The lowest BCUT2D eigenvalue weighted by Crippen LogP contribution is -2.37. The number of aryl methyl sites for hydroxylation is 4. The molecule has 0 saturated carbocycles. The van der Waals surface area contributed by atoms with Crippen LogP contribution in [0.3, 0.4) is 0 Å². The molecular formula is C21H35I2N5O. The molecule has 164 valence electrons. The first-order valence-electron chi connectivity index (χ1n) is 10.8. The van der Waals surface area contributed by atoms with Crippen LogP contribution in [0, 0.1) is 7.14 Å². The Morgan fingerprint density at radius 1 is 0.828 bits per heavy atom. The van der Waals surface area contributed by atoms with Crippen LogP contribution in [0.2, 0.25) is 0 Å². The van der Waals surface area contributed by atoms with E-state index < -0.39 is 0 Å². The standard InChI is InChI=1S/C12H20IN3O.C9H15IN2/c1-2-12-11(13)10-16(14-12)5-3-4-15-6-8-17-9-7-15;1-3-5-6-12-7-8(10)9(4-2)11-12/h10H,2-9H2,1H3;7H,3-6H2,1-2H3. The Kier molecular flexibility index (Phi) is 12.1. The van der Waals surface area contributed by atoms with E-state index in [0.717, 1.165) is 58.8 Å². The van der Waals surface area contributed by atoms with Gasteiger partial charge in [0.25, 0.3) is 0 Å². The first-order valence-corrected chi connectivity index (χ1v) is 13.0. The molecule has 1 fully saturated rings. The number of unbranched alkanes of at least 4 members (excludes halogenated alkanes) is 1. The quantitative estimate of drug-likeness (QED) is 0.381. The largest absolute Gasteiger partial charge is 0.379 e. The second kappa shape index (κ2) is 14.0. The third-order valence-corrected chi connectivity index (χ3v) is 6.75. The van der Waals surface area contributed by atoms with E-state index in [4.69, 9.17) is 4.74 Å². The highest BCUT2D eigenvalue weighted by Crippen LogP contribution is 2.12. The number of nitrogens with zero attached hydrogens (tertiary/aromatic N) is 5. The van der Waals surface area contributed by atoms with E-state index in [1.807, 2.05) is 0 Å². The van der Waals surface area contributed by atoms with Gasteiger partial charge in [-0.3, -0.25) is 14.3 Å². The molecule has 29 heavy (non-hydrogen) atoms. The van der Waals surface area contributed by atoms with Crippen LogP contribution in [-0.4, -0.2) is 57.3 Å². The molecule has 8 heteroatoms. The Bertz CT molecular complexity index is 710. The molecule has 1 saturated heterocycles. The summed E-state index contributed by atoms with van der Waals surface area (Å²) in [7, 11) is 0. The number of ether oxygens (including phenoxy) is 1. The minimum atomic E-state index is 0.889. The van der Waals surface area contributed by atoms with Gasteiger partial charge in [-0.05, 0) is 70.9 Å². The van der Waals surface area contributed by atoms with Gasteiger partial charge in [0.2, 0.25) is 0 Å². The summed E-state index contributed by atoms with van der Waals surface area (Å²) < 4.78 is 12.1. The van der Waals surface area contributed by atoms with Gasteiger partial charge in [0.05, 0.1) is 31.7 Å². The zero-order valence-electron chi connectivity index (χ0n) is 18.0. The maximum atomic E-state index is 5.34. The van der Waals surface area contributed by atoms with Crippen LogP contribution in [0.4, 0.5) is 0 Å². The number of morpholine rings is 1. The van der Waals surface area contributed by atoms with Crippen molar-refractivity contribution in [3.8, 4) is 0 Å². The molecule has 0 aliphatic carbocycles. The summed E-state index contributed by atoms with van der Waals surface area (Å²) in [4.78, 5) is 2.47. The van der Waals surface area contributed by atoms with E-state index in [9.17, 15) is 0 Å². The smallest absolute Gasteiger partial charge is 0.0755 e. The van der Waals surface area contributed by atoms with Gasteiger partial charge in [-0.15, -0.1) is 0 Å². The van der Waals surface area contributed by atoms with Crippen molar-refractivity contribution in [2.45, 2.75) is 66.0 Å². The SMILES string of the molecule is CCCCn1cc(I)c(CC)n1.CCc1nn(CCCN2CCOCC2)cc1I. The molecule has 0 radical (unpaired) electrons. The topological polar surface area (TPSA) is 48.1 Å². The van der Waals surface area contributed by atoms with E-state index in [-0.39, 0.29) is 0 Å². The average molecular weight is 627 g/mol. The van der Waals surface area contributed by atoms with Gasteiger partial charge in [-0.2, -0.15) is 10.2 Å². The van der Waals surface area contributed by atoms with Gasteiger partial charge >= 0.3 is 0 Å². The molecule has 3 rings (SSSR count).